The summed E-state index contributed by atoms with van der Waals surface area (Å²) in [5, 5.41) is 9.59. The number of allylic oxidation sites excluding steroid dienone is 5. The van der Waals surface area contributed by atoms with Crippen molar-refractivity contribution in [2.45, 2.75) is 39.4 Å². The molecule has 1 heterocycles. The molecule has 4 nitrogen and oxygen atoms in total. The molecule has 1 atom stereocenters. The number of nitrogens with zero attached hydrogens (tertiary/aromatic N) is 1. The molecule has 1 aliphatic rings. The van der Waals surface area contributed by atoms with E-state index in [1.807, 2.05) is 65.1 Å². The van der Waals surface area contributed by atoms with Gasteiger partial charge in [-0.1, -0.05) is 36.5 Å². The third-order valence-electron chi connectivity index (χ3n) is 3.13. The molecule has 0 radical (unpaired) electrons. The van der Waals surface area contributed by atoms with Crippen LogP contribution in [0.4, 0.5) is 0 Å². The van der Waals surface area contributed by atoms with Crippen molar-refractivity contribution in [3.05, 3.63) is 47.6 Å². The van der Waals surface area contributed by atoms with Crippen molar-refractivity contribution in [3.8, 4) is 0 Å². The summed E-state index contributed by atoms with van der Waals surface area (Å²) in [6.07, 6.45) is 10.5. The minimum atomic E-state index is -0.965. The van der Waals surface area contributed by atoms with E-state index >= 15 is 0 Å². The van der Waals surface area contributed by atoms with Gasteiger partial charge in [-0.3, -0.25) is 4.90 Å². The van der Waals surface area contributed by atoms with Crippen LogP contribution in [-0.2, 0) is 9.53 Å². The van der Waals surface area contributed by atoms with Crippen molar-refractivity contribution in [2.75, 3.05) is 20.1 Å². The summed E-state index contributed by atoms with van der Waals surface area (Å²) in [6.45, 7) is 9.10. The van der Waals surface area contributed by atoms with E-state index in [0.29, 0.717) is 5.57 Å². The number of carboxylic acid groups (broad SMARTS) is 1. The van der Waals surface area contributed by atoms with Crippen LogP contribution in [0.15, 0.2) is 47.6 Å². The molecule has 0 bridgehead atoms. The molecule has 1 N–H and O–H groups in total. The predicted octanol–water partition coefficient (Wildman–Crippen LogP) is 3.19. The smallest absolute Gasteiger partial charge is 0.337 e. The number of hydrogen-bond acceptors (Lipinski definition) is 3. The SMILES string of the molecule is CC=CC=CC=C(C1=CCN(C)C1)C(OC(C)(C)C)C(=O)O. The Morgan fingerprint density at radius 3 is 2.50 bits per heavy atom. The molecular formula is C18H27NO3. The first-order valence-corrected chi connectivity index (χ1v) is 7.52. The molecule has 0 aromatic heterocycles. The molecule has 0 aromatic carbocycles. The van der Waals surface area contributed by atoms with Crippen LogP contribution in [0.2, 0.25) is 0 Å². The van der Waals surface area contributed by atoms with Crippen molar-refractivity contribution >= 4 is 5.97 Å². The fourth-order valence-corrected chi connectivity index (χ4v) is 2.19. The van der Waals surface area contributed by atoms with Gasteiger partial charge in [0.05, 0.1) is 5.60 Å². The van der Waals surface area contributed by atoms with Gasteiger partial charge in [-0.2, -0.15) is 0 Å². The summed E-state index contributed by atoms with van der Waals surface area (Å²) in [5.41, 5.74) is 1.21. The maximum absolute atomic E-state index is 11.7. The average molecular weight is 305 g/mol. The number of aliphatic carboxylic acids is 1. The highest BCUT2D eigenvalue weighted by Crippen LogP contribution is 2.25. The number of carboxylic acids is 1. The summed E-state index contributed by atoms with van der Waals surface area (Å²) < 4.78 is 5.79. The Kier molecular flexibility index (Phi) is 6.78. The highest BCUT2D eigenvalue weighted by Gasteiger charge is 2.31. The quantitative estimate of drug-likeness (QED) is 0.766. The lowest BCUT2D eigenvalue weighted by Gasteiger charge is -2.27. The minimum Gasteiger partial charge on any atom is -0.479 e. The number of likely N-dealkylation sites (N-methyl/N-ethyl adjacent to an activating group) is 1. The van der Waals surface area contributed by atoms with Crippen LogP contribution in [-0.4, -0.2) is 47.8 Å². The summed E-state index contributed by atoms with van der Waals surface area (Å²) in [6, 6.07) is 0. The van der Waals surface area contributed by atoms with Crippen molar-refractivity contribution < 1.29 is 14.6 Å². The van der Waals surface area contributed by atoms with Gasteiger partial charge in [0.25, 0.3) is 0 Å². The van der Waals surface area contributed by atoms with E-state index in [0.717, 1.165) is 18.7 Å². The van der Waals surface area contributed by atoms with Gasteiger partial charge in [0.2, 0.25) is 0 Å². The van der Waals surface area contributed by atoms with E-state index in [4.69, 9.17) is 4.74 Å². The van der Waals surface area contributed by atoms with E-state index in [1.165, 1.54) is 0 Å². The first-order valence-electron chi connectivity index (χ1n) is 7.52. The standard InChI is InChI=1S/C18H27NO3/c1-6-7-8-9-10-15(14-11-12-19(5)13-14)16(17(20)21)22-18(2,3)4/h6-11,16H,12-13H2,1-5H3,(H,20,21). The third-order valence-corrected chi connectivity index (χ3v) is 3.13. The molecule has 1 aliphatic heterocycles. The molecule has 0 aromatic rings. The van der Waals surface area contributed by atoms with Gasteiger partial charge in [-0.25, -0.2) is 4.79 Å². The predicted molar refractivity (Wildman–Crippen MR) is 89.9 cm³/mol. The number of hydrogen-bond donors (Lipinski definition) is 1. The van der Waals surface area contributed by atoms with Crippen molar-refractivity contribution in [2.24, 2.45) is 0 Å². The minimum absolute atomic E-state index is 0.528. The average Bonchev–Trinajstić information content (AvgIpc) is 2.82. The van der Waals surface area contributed by atoms with Crippen molar-refractivity contribution in [1.82, 2.24) is 4.90 Å². The molecule has 0 aliphatic carbocycles. The van der Waals surface area contributed by atoms with Crippen LogP contribution in [0.5, 0.6) is 0 Å². The van der Waals surface area contributed by atoms with Crippen LogP contribution in [0.1, 0.15) is 27.7 Å². The second kappa shape index (κ2) is 8.11. The molecule has 122 valence electrons. The Morgan fingerprint density at radius 1 is 1.36 bits per heavy atom. The van der Waals surface area contributed by atoms with Crippen LogP contribution < -0.4 is 0 Å². The molecule has 4 heteroatoms. The molecule has 0 fully saturated rings. The molecule has 0 spiro atoms. The number of rotatable bonds is 6. The van der Waals surface area contributed by atoms with E-state index in [1.54, 1.807) is 0 Å². The van der Waals surface area contributed by atoms with Crippen LogP contribution in [0.25, 0.3) is 0 Å². The monoisotopic (exact) mass is 305 g/mol. The molecule has 0 saturated heterocycles. The molecule has 1 rings (SSSR count). The van der Waals surface area contributed by atoms with E-state index in [-0.39, 0.29) is 0 Å². The van der Waals surface area contributed by atoms with Gasteiger partial charge in [0.15, 0.2) is 6.10 Å². The highest BCUT2D eigenvalue weighted by molar-refractivity contribution is 5.78. The fourth-order valence-electron chi connectivity index (χ4n) is 2.19. The molecular weight excluding hydrogens is 278 g/mol. The molecule has 22 heavy (non-hydrogen) atoms. The zero-order chi connectivity index (χ0) is 16.8. The lowest BCUT2D eigenvalue weighted by molar-refractivity contribution is -0.155. The maximum Gasteiger partial charge on any atom is 0.337 e. The van der Waals surface area contributed by atoms with Crippen molar-refractivity contribution in [1.29, 1.82) is 0 Å². The van der Waals surface area contributed by atoms with E-state index in [9.17, 15) is 9.90 Å². The van der Waals surface area contributed by atoms with Gasteiger partial charge < -0.3 is 9.84 Å². The number of carbonyl (C=O) groups is 1. The zero-order valence-electron chi connectivity index (χ0n) is 14.2. The van der Waals surface area contributed by atoms with Gasteiger partial charge >= 0.3 is 5.97 Å². The van der Waals surface area contributed by atoms with Crippen molar-refractivity contribution in [3.63, 3.8) is 0 Å². The lowest BCUT2D eigenvalue weighted by Crippen LogP contribution is -2.35. The summed E-state index contributed by atoms with van der Waals surface area (Å²) >= 11 is 0. The molecule has 1 unspecified atom stereocenters. The van der Waals surface area contributed by atoms with Gasteiger partial charge in [-0.15, -0.1) is 0 Å². The van der Waals surface area contributed by atoms with Crippen LogP contribution in [0.3, 0.4) is 0 Å². The molecule has 0 saturated carbocycles. The largest absolute Gasteiger partial charge is 0.479 e. The Balaban J connectivity index is 3.13. The topological polar surface area (TPSA) is 49.8 Å². The van der Waals surface area contributed by atoms with Crippen LogP contribution >= 0.6 is 0 Å². The normalized spacial score (nSPS) is 19.1. The Morgan fingerprint density at radius 2 is 2.05 bits per heavy atom. The zero-order valence-corrected chi connectivity index (χ0v) is 14.2. The fraction of sp³-hybridized carbons (Fsp3) is 0.500. The Hall–Kier alpha value is -1.65. The lowest BCUT2D eigenvalue weighted by atomic mass is 9.99. The summed E-state index contributed by atoms with van der Waals surface area (Å²) in [5.74, 6) is -0.962. The molecule has 0 amide bonds. The Bertz CT molecular complexity index is 507. The second-order valence-electron chi connectivity index (χ2n) is 6.41. The van der Waals surface area contributed by atoms with Crippen LogP contribution in [0, 0.1) is 0 Å². The van der Waals surface area contributed by atoms with Gasteiger partial charge in [0.1, 0.15) is 0 Å². The summed E-state index contributed by atoms with van der Waals surface area (Å²) in [7, 11) is 2.01. The number of ether oxygens (including phenoxy) is 1. The first-order chi connectivity index (χ1) is 10.2. The van der Waals surface area contributed by atoms with E-state index in [2.05, 4.69) is 11.0 Å². The van der Waals surface area contributed by atoms with E-state index < -0.39 is 17.7 Å². The second-order valence-corrected chi connectivity index (χ2v) is 6.41. The van der Waals surface area contributed by atoms with Gasteiger partial charge in [-0.05, 0) is 45.9 Å². The first kappa shape index (κ1) is 18.4. The Labute approximate surface area is 133 Å². The maximum atomic E-state index is 11.7. The highest BCUT2D eigenvalue weighted by atomic mass is 16.5. The summed E-state index contributed by atoms with van der Waals surface area (Å²) in [4.78, 5) is 13.8. The van der Waals surface area contributed by atoms with Gasteiger partial charge in [0, 0.05) is 13.1 Å². The third kappa shape index (κ3) is 6.00.